The van der Waals surface area contributed by atoms with Crippen LogP contribution in [-0.2, 0) is 0 Å². The fourth-order valence-corrected chi connectivity index (χ4v) is 1.90. The standard InChI is InChI=1S/C10H10N2OS/c1-7(13)10-12-9(6-14-10)8-2-4-11-5-3-8/h2-7,13H,1H3. The van der Waals surface area contributed by atoms with E-state index in [1.807, 2.05) is 17.5 Å². The predicted molar refractivity (Wildman–Crippen MR) is 56.0 cm³/mol. The zero-order chi connectivity index (χ0) is 9.97. The molecular formula is C10H10N2OS. The van der Waals surface area contributed by atoms with E-state index in [1.165, 1.54) is 11.3 Å². The summed E-state index contributed by atoms with van der Waals surface area (Å²) in [7, 11) is 0. The maximum Gasteiger partial charge on any atom is 0.122 e. The minimum absolute atomic E-state index is 0.490. The second-order valence-electron chi connectivity index (χ2n) is 2.98. The van der Waals surface area contributed by atoms with Crippen molar-refractivity contribution in [1.29, 1.82) is 0 Å². The summed E-state index contributed by atoms with van der Waals surface area (Å²) < 4.78 is 0. The summed E-state index contributed by atoms with van der Waals surface area (Å²) in [4.78, 5) is 8.26. The van der Waals surface area contributed by atoms with Crippen molar-refractivity contribution in [1.82, 2.24) is 9.97 Å². The van der Waals surface area contributed by atoms with E-state index in [-0.39, 0.29) is 0 Å². The number of aromatic nitrogens is 2. The summed E-state index contributed by atoms with van der Waals surface area (Å²) in [5.41, 5.74) is 1.93. The third-order valence-electron chi connectivity index (χ3n) is 1.86. The molecule has 2 heterocycles. The summed E-state index contributed by atoms with van der Waals surface area (Å²) in [5, 5.41) is 12.0. The third-order valence-corrected chi connectivity index (χ3v) is 2.87. The van der Waals surface area contributed by atoms with E-state index >= 15 is 0 Å². The lowest BCUT2D eigenvalue weighted by Crippen LogP contribution is -1.89. The molecule has 3 nitrogen and oxygen atoms in total. The van der Waals surface area contributed by atoms with E-state index in [1.54, 1.807) is 19.3 Å². The molecule has 0 aliphatic rings. The second-order valence-corrected chi connectivity index (χ2v) is 3.87. The van der Waals surface area contributed by atoms with Crippen LogP contribution in [0.25, 0.3) is 11.3 Å². The van der Waals surface area contributed by atoms with Crippen molar-refractivity contribution in [2.45, 2.75) is 13.0 Å². The maximum absolute atomic E-state index is 9.32. The van der Waals surface area contributed by atoms with E-state index in [0.717, 1.165) is 16.3 Å². The summed E-state index contributed by atoms with van der Waals surface area (Å²) in [6.07, 6.45) is 2.98. The molecule has 72 valence electrons. The molecule has 0 amide bonds. The molecule has 0 radical (unpaired) electrons. The Labute approximate surface area is 86.1 Å². The molecule has 0 saturated heterocycles. The average molecular weight is 206 g/mol. The molecule has 1 unspecified atom stereocenters. The Morgan fingerprint density at radius 1 is 1.36 bits per heavy atom. The summed E-state index contributed by atoms with van der Waals surface area (Å²) in [6.45, 7) is 1.72. The van der Waals surface area contributed by atoms with Gasteiger partial charge in [0, 0.05) is 23.3 Å². The molecule has 1 N–H and O–H groups in total. The Morgan fingerprint density at radius 2 is 2.07 bits per heavy atom. The molecule has 1 atom stereocenters. The molecule has 4 heteroatoms. The Kier molecular flexibility index (Phi) is 2.56. The van der Waals surface area contributed by atoms with Crippen LogP contribution >= 0.6 is 11.3 Å². The van der Waals surface area contributed by atoms with Gasteiger partial charge in [-0.2, -0.15) is 0 Å². The first-order chi connectivity index (χ1) is 6.77. The molecular weight excluding hydrogens is 196 g/mol. The maximum atomic E-state index is 9.32. The van der Waals surface area contributed by atoms with E-state index < -0.39 is 6.10 Å². The number of hydrogen-bond acceptors (Lipinski definition) is 4. The number of hydrogen-bond donors (Lipinski definition) is 1. The fraction of sp³-hybridized carbons (Fsp3) is 0.200. The van der Waals surface area contributed by atoms with E-state index in [4.69, 9.17) is 0 Å². The highest BCUT2D eigenvalue weighted by molar-refractivity contribution is 7.10. The van der Waals surface area contributed by atoms with Crippen LogP contribution in [0.3, 0.4) is 0 Å². The fourth-order valence-electron chi connectivity index (χ4n) is 1.13. The molecule has 0 fully saturated rings. The molecule has 14 heavy (non-hydrogen) atoms. The molecule has 2 aromatic heterocycles. The van der Waals surface area contributed by atoms with Crippen molar-refractivity contribution in [3.63, 3.8) is 0 Å². The van der Waals surface area contributed by atoms with Gasteiger partial charge in [0.2, 0.25) is 0 Å². The third kappa shape index (κ3) is 1.81. The van der Waals surface area contributed by atoms with Gasteiger partial charge in [0.1, 0.15) is 11.1 Å². The van der Waals surface area contributed by atoms with Gasteiger partial charge in [0.25, 0.3) is 0 Å². The number of aliphatic hydroxyl groups is 1. The topological polar surface area (TPSA) is 46.0 Å². The lowest BCUT2D eigenvalue weighted by Gasteiger charge is -1.96. The Morgan fingerprint density at radius 3 is 2.64 bits per heavy atom. The van der Waals surface area contributed by atoms with Gasteiger partial charge in [-0.25, -0.2) is 4.98 Å². The van der Waals surface area contributed by atoms with Gasteiger partial charge in [0.15, 0.2) is 0 Å². The summed E-state index contributed by atoms with van der Waals surface area (Å²) in [5.74, 6) is 0. The van der Waals surface area contributed by atoms with Crippen molar-refractivity contribution >= 4 is 11.3 Å². The van der Waals surface area contributed by atoms with Gasteiger partial charge in [-0.05, 0) is 19.1 Å². The van der Waals surface area contributed by atoms with Crippen molar-refractivity contribution in [3.05, 3.63) is 34.9 Å². The highest BCUT2D eigenvalue weighted by Crippen LogP contribution is 2.24. The van der Waals surface area contributed by atoms with Gasteiger partial charge in [-0.15, -0.1) is 11.3 Å². The van der Waals surface area contributed by atoms with Crippen LogP contribution in [0.5, 0.6) is 0 Å². The van der Waals surface area contributed by atoms with Crippen molar-refractivity contribution in [2.24, 2.45) is 0 Å². The monoisotopic (exact) mass is 206 g/mol. The van der Waals surface area contributed by atoms with Crippen molar-refractivity contribution < 1.29 is 5.11 Å². The van der Waals surface area contributed by atoms with Gasteiger partial charge < -0.3 is 5.11 Å². The van der Waals surface area contributed by atoms with Gasteiger partial charge >= 0.3 is 0 Å². The smallest absolute Gasteiger partial charge is 0.122 e. The van der Waals surface area contributed by atoms with Crippen LogP contribution < -0.4 is 0 Å². The number of nitrogens with zero attached hydrogens (tertiary/aromatic N) is 2. The van der Waals surface area contributed by atoms with Crippen LogP contribution in [-0.4, -0.2) is 15.1 Å². The number of aliphatic hydroxyl groups excluding tert-OH is 1. The lowest BCUT2D eigenvalue weighted by molar-refractivity contribution is 0.199. The first-order valence-electron chi connectivity index (χ1n) is 4.31. The molecule has 0 aliphatic heterocycles. The lowest BCUT2D eigenvalue weighted by atomic mass is 10.2. The van der Waals surface area contributed by atoms with Crippen LogP contribution in [0.2, 0.25) is 0 Å². The largest absolute Gasteiger partial charge is 0.386 e. The molecule has 2 rings (SSSR count). The van der Waals surface area contributed by atoms with Crippen LogP contribution in [0.4, 0.5) is 0 Å². The minimum atomic E-state index is -0.490. The van der Waals surface area contributed by atoms with Gasteiger partial charge in [-0.1, -0.05) is 0 Å². The molecule has 0 aliphatic carbocycles. The molecule has 0 spiro atoms. The molecule has 0 saturated carbocycles. The number of rotatable bonds is 2. The zero-order valence-corrected chi connectivity index (χ0v) is 8.53. The summed E-state index contributed by atoms with van der Waals surface area (Å²) in [6, 6.07) is 3.81. The Hall–Kier alpha value is -1.26. The Balaban J connectivity index is 2.34. The normalized spacial score (nSPS) is 12.7. The van der Waals surface area contributed by atoms with Crippen LogP contribution in [0.1, 0.15) is 18.0 Å². The van der Waals surface area contributed by atoms with Crippen LogP contribution in [0, 0.1) is 0 Å². The van der Waals surface area contributed by atoms with Gasteiger partial charge in [-0.3, -0.25) is 4.98 Å². The second kappa shape index (κ2) is 3.86. The number of thiazole rings is 1. The van der Waals surface area contributed by atoms with E-state index in [9.17, 15) is 5.11 Å². The van der Waals surface area contributed by atoms with Crippen LogP contribution in [0.15, 0.2) is 29.9 Å². The molecule has 2 aromatic rings. The Bertz CT molecular complexity index is 411. The molecule has 0 bridgehead atoms. The summed E-state index contributed by atoms with van der Waals surface area (Å²) >= 11 is 1.47. The predicted octanol–water partition coefficient (Wildman–Crippen LogP) is 2.26. The first-order valence-corrected chi connectivity index (χ1v) is 5.19. The van der Waals surface area contributed by atoms with Crippen molar-refractivity contribution in [2.75, 3.05) is 0 Å². The quantitative estimate of drug-likeness (QED) is 0.819. The first kappa shape index (κ1) is 9.30. The average Bonchev–Trinajstić information content (AvgIpc) is 2.68. The number of pyridine rings is 1. The SMILES string of the molecule is CC(O)c1nc(-c2ccncc2)cs1. The highest BCUT2D eigenvalue weighted by atomic mass is 32.1. The van der Waals surface area contributed by atoms with Gasteiger partial charge in [0.05, 0.1) is 5.69 Å². The zero-order valence-electron chi connectivity index (χ0n) is 7.71. The van der Waals surface area contributed by atoms with E-state index in [2.05, 4.69) is 9.97 Å². The highest BCUT2D eigenvalue weighted by Gasteiger charge is 2.07. The minimum Gasteiger partial charge on any atom is -0.386 e. The molecule has 0 aromatic carbocycles. The van der Waals surface area contributed by atoms with E-state index in [0.29, 0.717) is 0 Å². The van der Waals surface area contributed by atoms with Crippen molar-refractivity contribution in [3.8, 4) is 11.3 Å².